The second kappa shape index (κ2) is 5.71. The van der Waals surface area contributed by atoms with E-state index in [1.807, 2.05) is 13.0 Å². The number of rotatable bonds is 2. The molecule has 1 aromatic rings. The molecule has 1 fully saturated rings. The van der Waals surface area contributed by atoms with Crippen molar-refractivity contribution in [2.45, 2.75) is 13.0 Å². The van der Waals surface area contributed by atoms with Crippen molar-refractivity contribution in [1.82, 2.24) is 4.90 Å². The first-order valence-corrected chi connectivity index (χ1v) is 7.16. The third-order valence-electron chi connectivity index (χ3n) is 2.79. The molecule has 0 aromatic heterocycles. The van der Waals surface area contributed by atoms with Gasteiger partial charge in [-0.25, -0.2) is 9.59 Å². The molecule has 1 aromatic carbocycles. The summed E-state index contributed by atoms with van der Waals surface area (Å²) in [5, 5.41) is 12.1. The number of hydrogen-bond acceptors (Lipinski definition) is 3. The Kier molecular flexibility index (Phi) is 4.21. The number of amides is 2. The van der Waals surface area contributed by atoms with E-state index in [2.05, 4.69) is 5.32 Å². The van der Waals surface area contributed by atoms with Crippen LogP contribution >= 0.6 is 23.4 Å². The van der Waals surface area contributed by atoms with Gasteiger partial charge in [-0.15, -0.1) is 11.8 Å². The van der Waals surface area contributed by atoms with E-state index in [9.17, 15) is 9.59 Å². The van der Waals surface area contributed by atoms with E-state index in [1.165, 1.54) is 16.7 Å². The number of carbonyl (C=O) groups excluding carboxylic acids is 1. The highest BCUT2D eigenvalue weighted by atomic mass is 35.5. The van der Waals surface area contributed by atoms with E-state index in [4.69, 9.17) is 16.7 Å². The van der Waals surface area contributed by atoms with Gasteiger partial charge in [-0.2, -0.15) is 0 Å². The molecule has 0 radical (unpaired) electrons. The maximum Gasteiger partial charge on any atom is 0.327 e. The van der Waals surface area contributed by atoms with Gasteiger partial charge in [0.05, 0.1) is 16.6 Å². The minimum absolute atomic E-state index is 0.367. The van der Waals surface area contributed by atoms with Crippen LogP contribution in [-0.4, -0.2) is 39.7 Å². The Labute approximate surface area is 119 Å². The third-order valence-corrected chi connectivity index (χ3v) is 4.12. The fourth-order valence-electron chi connectivity index (χ4n) is 1.76. The summed E-state index contributed by atoms with van der Waals surface area (Å²) in [7, 11) is 0. The molecule has 7 heteroatoms. The number of nitrogens with zero attached hydrogens (tertiary/aromatic N) is 1. The average Bonchev–Trinajstić information content (AvgIpc) is 2.82. The standard InChI is InChI=1S/C12H13ClN2O3S/c1-7-2-3-9(8(13)4-7)14-12(18)15-6-19-5-10(15)11(16)17/h2-4,10H,5-6H2,1H3,(H,14,18)(H,16,17)/t10-/m0/s1. The van der Waals surface area contributed by atoms with Gasteiger partial charge in [0, 0.05) is 5.75 Å². The zero-order valence-electron chi connectivity index (χ0n) is 10.2. The average molecular weight is 301 g/mol. The van der Waals surface area contributed by atoms with Crippen LogP contribution in [-0.2, 0) is 4.79 Å². The second-order valence-electron chi connectivity index (χ2n) is 4.24. The van der Waals surface area contributed by atoms with Crippen LogP contribution in [0.5, 0.6) is 0 Å². The number of aliphatic carboxylic acids is 1. The summed E-state index contributed by atoms with van der Waals surface area (Å²) in [6.07, 6.45) is 0. The van der Waals surface area contributed by atoms with Crippen molar-refractivity contribution >= 4 is 41.1 Å². The van der Waals surface area contributed by atoms with Gasteiger partial charge < -0.3 is 15.3 Å². The maximum atomic E-state index is 12.0. The number of thioether (sulfide) groups is 1. The summed E-state index contributed by atoms with van der Waals surface area (Å²) in [6.45, 7) is 1.90. The lowest BCUT2D eigenvalue weighted by atomic mass is 10.2. The van der Waals surface area contributed by atoms with E-state index in [-0.39, 0.29) is 0 Å². The van der Waals surface area contributed by atoms with Gasteiger partial charge >= 0.3 is 12.0 Å². The normalized spacial score (nSPS) is 18.4. The van der Waals surface area contributed by atoms with E-state index in [1.54, 1.807) is 12.1 Å². The number of anilines is 1. The van der Waals surface area contributed by atoms with Crippen LogP contribution in [0.4, 0.5) is 10.5 Å². The summed E-state index contributed by atoms with van der Waals surface area (Å²) in [6, 6.07) is 4.05. The summed E-state index contributed by atoms with van der Waals surface area (Å²) in [5.41, 5.74) is 1.47. The van der Waals surface area contributed by atoms with Crippen molar-refractivity contribution in [3.05, 3.63) is 28.8 Å². The number of halogens is 1. The molecular formula is C12H13ClN2O3S. The number of nitrogens with one attached hydrogen (secondary N) is 1. The van der Waals surface area contributed by atoms with Gasteiger partial charge in [0.25, 0.3) is 0 Å². The molecule has 2 rings (SSSR count). The SMILES string of the molecule is Cc1ccc(NC(=O)N2CSC[C@H]2C(=O)O)c(Cl)c1. The molecular weight excluding hydrogens is 288 g/mol. The maximum absolute atomic E-state index is 12.0. The highest BCUT2D eigenvalue weighted by Gasteiger charge is 2.34. The Morgan fingerprint density at radius 2 is 2.26 bits per heavy atom. The zero-order chi connectivity index (χ0) is 14.0. The van der Waals surface area contributed by atoms with Gasteiger partial charge in [0.15, 0.2) is 0 Å². The van der Waals surface area contributed by atoms with Crippen LogP contribution in [0.2, 0.25) is 5.02 Å². The molecule has 1 aliphatic heterocycles. The van der Waals surface area contributed by atoms with Crippen molar-refractivity contribution in [1.29, 1.82) is 0 Å². The number of carboxylic acid groups (broad SMARTS) is 1. The number of carboxylic acids is 1. The molecule has 1 heterocycles. The quantitative estimate of drug-likeness (QED) is 0.881. The summed E-state index contributed by atoms with van der Waals surface area (Å²) < 4.78 is 0. The third kappa shape index (κ3) is 3.13. The van der Waals surface area contributed by atoms with E-state index in [0.29, 0.717) is 22.3 Å². The number of hydrogen-bond donors (Lipinski definition) is 2. The second-order valence-corrected chi connectivity index (χ2v) is 5.64. The van der Waals surface area contributed by atoms with E-state index in [0.717, 1.165) is 5.56 Å². The van der Waals surface area contributed by atoms with Crippen LogP contribution in [0, 0.1) is 6.92 Å². The first kappa shape index (κ1) is 14.0. The van der Waals surface area contributed by atoms with Crippen LogP contribution in [0.15, 0.2) is 18.2 Å². The number of carbonyl (C=O) groups is 2. The lowest BCUT2D eigenvalue weighted by Gasteiger charge is -2.21. The summed E-state index contributed by atoms with van der Waals surface area (Å²) >= 11 is 7.44. The lowest BCUT2D eigenvalue weighted by Crippen LogP contribution is -2.44. The van der Waals surface area contributed by atoms with Gasteiger partial charge in [-0.1, -0.05) is 17.7 Å². The predicted octanol–water partition coefficient (Wildman–Crippen LogP) is 2.64. The minimum atomic E-state index is -0.991. The Bertz CT molecular complexity index is 524. The van der Waals surface area contributed by atoms with Crippen molar-refractivity contribution in [3.63, 3.8) is 0 Å². The van der Waals surface area contributed by atoms with Gasteiger partial charge in [0.2, 0.25) is 0 Å². The number of benzene rings is 1. The van der Waals surface area contributed by atoms with E-state index >= 15 is 0 Å². The van der Waals surface area contributed by atoms with Crippen molar-refractivity contribution < 1.29 is 14.7 Å². The molecule has 102 valence electrons. The van der Waals surface area contributed by atoms with Crippen molar-refractivity contribution in [2.75, 3.05) is 16.9 Å². The molecule has 0 aliphatic carbocycles. The molecule has 2 N–H and O–H groups in total. The Morgan fingerprint density at radius 3 is 2.89 bits per heavy atom. The molecule has 19 heavy (non-hydrogen) atoms. The Morgan fingerprint density at radius 1 is 1.53 bits per heavy atom. The number of aryl methyl sites for hydroxylation is 1. The van der Waals surface area contributed by atoms with Gasteiger partial charge in [0.1, 0.15) is 6.04 Å². The monoisotopic (exact) mass is 300 g/mol. The molecule has 1 atom stereocenters. The smallest absolute Gasteiger partial charge is 0.327 e. The molecule has 0 spiro atoms. The van der Waals surface area contributed by atoms with Crippen LogP contribution in [0.1, 0.15) is 5.56 Å². The first-order valence-electron chi connectivity index (χ1n) is 5.63. The first-order chi connectivity index (χ1) is 8.99. The highest BCUT2D eigenvalue weighted by molar-refractivity contribution is 7.99. The molecule has 1 aliphatic rings. The van der Waals surface area contributed by atoms with Crippen LogP contribution < -0.4 is 5.32 Å². The zero-order valence-corrected chi connectivity index (χ0v) is 11.8. The minimum Gasteiger partial charge on any atom is -0.480 e. The van der Waals surface area contributed by atoms with Crippen LogP contribution in [0.3, 0.4) is 0 Å². The molecule has 0 saturated carbocycles. The molecule has 0 unspecified atom stereocenters. The fraction of sp³-hybridized carbons (Fsp3) is 0.333. The number of urea groups is 1. The molecule has 1 saturated heterocycles. The van der Waals surface area contributed by atoms with Gasteiger partial charge in [-0.05, 0) is 24.6 Å². The Balaban J connectivity index is 2.10. The van der Waals surface area contributed by atoms with Crippen LogP contribution in [0.25, 0.3) is 0 Å². The van der Waals surface area contributed by atoms with Crippen molar-refractivity contribution in [2.24, 2.45) is 0 Å². The topological polar surface area (TPSA) is 69.6 Å². The van der Waals surface area contributed by atoms with E-state index < -0.39 is 18.0 Å². The van der Waals surface area contributed by atoms with Gasteiger partial charge in [-0.3, -0.25) is 0 Å². The summed E-state index contributed by atoms with van der Waals surface area (Å²) in [5.74, 6) is -0.216. The molecule has 0 bridgehead atoms. The fourth-order valence-corrected chi connectivity index (χ4v) is 3.18. The largest absolute Gasteiger partial charge is 0.480 e. The highest BCUT2D eigenvalue weighted by Crippen LogP contribution is 2.26. The lowest BCUT2D eigenvalue weighted by molar-refractivity contribution is -0.140. The van der Waals surface area contributed by atoms with Crippen molar-refractivity contribution in [3.8, 4) is 0 Å². The summed E-state index contributed by atoms with van der Waals surface area (Å²) in [4.78, 5) is 24.4. The predicted molar refractivity (Wildman–Crippen MR) is 75.8 cm³/mol. The molecule has 5 nitrogen and oxygen atoms in total. The Hall–Kier alpha value is -1.40. The molecule has 2 amide bonds.